The quantitative estimate of drug-likeness (QED) is 0.815. The second-order valence-corrected chi connectivity index (χ2v) is 7.18. The average molecular weight is 288 g/mol. The Hall–Kier alpha value is -0.990. The Kier molecular flexibility index (Phi) is 4.54. The average Bonchev–Trinajstić information content (AvgIpc) is 2.75. The minimum atomic E-state index is -2.87. The Balaban J connectivity index is 1.84. The molecule has 1 aromatic heterocycles. The lowest BCUT2D eigenvalue weighted by Crippen LogP contribution is -2.39. The summed E-state index contributed by atoms with van der Waals surface area (Å²) in [4.78, 5) is 6.47. The van der Waals surface area contributed by atoms with E-state index >= 15 is 0 Å². The Morgan fingerprint density at radius 1 is 1.53 bits per heavy atom. The summed E-state index contributed by atoms with van der Waals surface area (Å²) in [6.45, 7) is 4.77. The molecule has 0 saturated carbocycles. The van der Waals surface area contributed by atoms with Gasteiger partial charge in [0.25, 0.3) is 0 Å². The molecule has 0 aliphatic carbocycles. The Morgan fingerprint density at radius 3 is 2.95 bits per heavy atom. The molecule has 2 rings (SSSR count). The van der Waals surface area contributed by atoms with Crippen LogP contribution in [-0.4, -0.2) is 66.7 Å². The topological polar surface area (TPSA) is 88.2 Å². The highest BCUT2D eigenvalue weighted by atomic mass is 32.2. The highest BCUT2D eigenvalue weighted by molar-refractivity contribution is 7.90. The summed E-state index contributed by atoms with van der Waals surface area (Å²) in [7, 11) is -2.87. The van der Waals surface area contributed by atoms with Crippen molar-refractivity contribution in [3.63, 3.8) is 0 Å². The van der Waals surface area contributed by atoms with Crippen LogP contribution in [0.5, 0.6) is 0 Å². The maximum atomic E-state index is 11.1. The summed E-state index contributed by atoms with van der Waals surface area (Å²) >= 11 is 0. The number of sulfone groups is 1. The van der Waals surface area contributed by atoms with Gasteiger partial charge in [0.2, 0.25) is 0 Å². The van der Waals surface area contributed by atoms with E-state index in [1.807, 2.05) is 6.92 Å². The fraction of sp³-hybridized carbons (Fsp3) is 0.818. The van der Waals surface area contributed by atoms with Gasteiger partial charge in [-0.3, -0.25) is 10.00 Å². The van der Waals surface area contributed by atoms with E-state index in [9.17, 15) is 8.42 Å². The van der Waals surface area contributed by atoms with Crippen LogP contribution in [0.25, 0.3) is 0 Å². The van der Waals surface area contributed by atoms with Gasteiger partial charge < -0.3 is 4.74 Å². The molecule has 0 bridgehead atoms. The van der Waals surface area contributed by atoms with Gasteiger partial charge in [0.15, 0.2) is 5.82 Å². The first-order chi connectivity index (χ1) is 8.94. The van der Waals surface area contributed by atoms with Crippen molar-refractivity contribution in [2.75, 3.05) is 38.2 Å². The maximum Gasteiger partial charge on any atom is 0.180 e. The molecule has 2 heterocycles. The second kappa shape index (κ2) is 5.98. The van der Waals surface area contributed by atoms with Crippen molar-refractivity contribution in [2.24, 2.45) is 0 Å². The summed E-state index contributed by atoms with van der Waals surface area (Å²) in [6.07, 6.45) is 1.79. The maximum absolute atomic E-state index is 11.1. The number of hydrogen-bond donors (Lipinski definition) is 1. The Bertz CT molecular complexity index is 514. The van der Waals surface area contributed by atoms with Crippen molar-refractivity contribution in [1.29, 1.82) is 0 Å². The van der Waals surface area contributed by atoms with E-state index in [1.54, 1.807) is 0 Å². The SMILES string of the molecule is Cc1nc(C2CN(CCCS(C)(=O)=O)CCO2)n[nH]1. The number of aromatic amines is 1. The van der Waals surface area contributed by atoms with Crippen LogP contribution >= 0.6 is 0 Å². The number of ether oxygens (including phenoxy) is 1. The van der Waals surface area contributed by atoms with Crippen LogP contribution in [0.4, 0.5) is 0 Å². The van der Waals surface area contributed by atoms with Crippen molar-refractivity contribution >= 4 is 9.84 Å². The molecule has 0 radical (unpaired) electrons. The van der Waals surface area contributed by atoms with Gasteiger partial charge in [-0.25, -0.2) is 13.4 Å². The summed E-state index contributed by atoms with van der Waals surface area (Å²) in [5.74, 6) is 1.67. The monoisotopic (exact) mass is 288 g/mol. The normalized spacial score (nSPS) is 21.7. The molecule has 108 valence electrons. The summed E-state index contributed by atoms with van der Waals surface area (Å²) in [6, 6.07) is 0. The van der Waals surface area contributed by atoms with Crippen LogP contribution in [0.2, 0.25) is 0 Å². The van der Waals surface area contributed by atoms with Crippen molar-refractivity contribution < 1.29 is 13.2 Å². The van der Waals surface area contributed by atoms with Crippen LogP contribution in [0.3, 0.4) is 0 Å². The zero-order valence-corrected chi connectivity index (χ0v) is 12.1. The van der Waals surface area contributed by atoms with E-state index in [-0.39, 0.29) is 11.9 Å². The minimum Gasteiger partial charge on any atom is -0.367 e. The van der Waals surface area contributed by atoms with Crippen molar-refractivity contribution in [2.45, 2.75) is 19.4 Å². The number of nitrogens with one attached hydrogen (secondary N) is 1. The molecule has 0 spiro atoms. The third-order valence-electron chi connectivity index (χ3n) is 3.04. The lowest BCUT2D eigenvalue weighted by atomic mass is 10.2. The van der Waals surface area contributed by atoms with E-state index in [0.717, 1.165) is 18.9 Å². The largest absolute Gasteiger partial charge is 0.367 e. The molecular weight excluding hydrogens is 268 g/mol. The number of aryl methyl sites for hydroxylation is 1. The molecular formula is C11H20N4O3S. The van der Waals surface area contributed by atoms with Gasteiger partial charge in [-0.15, -0.1) is 0 Å². The number of H-pyrrole nitrogens is 1. The Labute approximate surface area is 113 Å². The highest BCUT2D eigenvalue weighted by Gasteiger charge is 2.24. The van der Waals surface area contributed by atoms with Gasteiger partial charge in [0.1, 0.15) is 21.8 Å². The summed E-state index contributed by atoms with van der Waals surface area (Å²) in [5.41, 5.74) is 0. The molecule has 1 aliphatic rings. The van der Waals surface area contributed by atoms with Gasteiger partial charge in [-0.05, 0) is 19.9 Å². The fourth-order valence-electron chi connectivity index (χ4n) is 2.12. The number of nitrogens with zero attached hydrogens (tertiary/aromatic N) is 3. The van der Waals surface area contributed by atoms with Crippen LogP contribution < -0.4 is 0 Å². The van der Waals surface area contributed by atoms with Crippen molar-refractivity contribution in [3.8, 4) is 0 Å². The minimum absolute atomic E-state index is 0.128. The number of hydrogen-bond acceptors (Lipinski definition) is 6. The number of rotatable bonds is 5. The van der Waals surface area contributed by atoms with Gasteiger partial charge in [-0.2, -0.15) is 5.10 Å². The smallest absolute Gasteiger partial charge is 0.180 e. The van der Waals surface area contributed by atoms with E-state index < -0.39 is 9.84 Å². The summed E-state index contributed by atoms with van der Waals surface area (Å²) in [5, 5.41) is 6.91. The van der Waals surface area contributed by atoms with Gasteiger partial charge in [-0.1, -0.05) is 0 Å². The molecule has 1 aromatic rings. The fourth-order valence-corrected chi connectivity index (χ4v) is 2.77. The van der Waals surface area contributed by atoms with E-state index in [2.05, 4.69) is 20.1 Å². The molecule has 1 N–H and O–H groups in total. The lowest BCUT2D eigenvalue weighted by Gasteiger charge is -2.31. The van der Waals surface area contributed by atoms with E-state index in [0.29, 0.717) is 25.4 Å². The molecule has 1 fully saturated rings. The van der Waals surface area contributed by atoms with Crippen LogP contribution in [-0.2, 0) is 14.6 Å². The molecule has 8 heteroatoms. The Morgan fingerprint density at radius 2 is 2.32 bits per heavy atom. The molecule has 0 amide bonds. The molecule has 1 saturated heterocycles. The highest BCUT2D eigenvalue weighted by Crippen LogP contribution is 2.19. The van der Waals surface area contributed by atoms with Crippen LogP contribution in [0.1, 0.15) is 24.2 Å². The number of aromatic nitrogens is 3. The molecule has 1 atom stereocenters. The molecule has 7 nitrogen and oxygen atoms in total. The van der Waals surface area contributed by atoms with Crippen molar-refractivity contribution in [1.82, 2.24) is 20.1 Å². The van der Waals surface area contributed by atoms with Crippen LogP contribution in [0, 0.1) is 6.92 Å². The number of morpholine rings is 1. The second-order valence-electron chi connectivity index (χ2n) is 4.92. The van der Waals surface area contributed by atoms with E-state index in [4.69, 9.17) is 4.74 Å². The van der Waals surface area contributed by atoms with Gasteiger partial charge >= 0.3 is 0 Å². The third-order valence-corrected chi connectivity index (χ3v) is 4.07. The first kappa shape index (κ1) is 14.4. The van der Waals surface area contributed by atoms with Gasteiger partial charge in [0, 0.05) is 19.3 Å². The zero-order chi connectivity index (χ0) is 13.9. The standard InChI is InChI=1S/C11H20N4O3S/c1-9-12-11(14-13-9)10-8-15(5-6-18-10)4-3-7-19(2,16)17/h10H,3-8H2,1-2H3,(H,12,13,14). The summed E-state index contributed by atoms with van der Waals surface area (Å²) < 4.78 is 27.8. The zero-order valence-electron chi connectivity index (χ0n) is 11.3. The van der Waals surface area contributed by atoms with E-state index in [1.165, 1.54) is 6.26 Å². The molecule has 1 unspecified atom stereocenters. The molecule has 1 aliphatic heterocycles. The van der Waals surface area contributed by atoms with Crippen LogP contribution in [0.15, 0.2) is 0 Å². The molecule has 19 heavy (non-hydrogen) atoms. The lowest BCUT2D eigenvalue weighted by molar-refractivity contribution is -0.0340. The first-order valence-corrected chi connectivity index (χ1v) is 8.41. The first-order valence-electron chi connectivity index (χ1n) is 6.34. The van der Waals surface area contributed by atoms with Crippen molar-refractivity contribution in [3.05, 3.63) is 11.6 Å². The molecule has 0 aromatic carbocycles. The predicted octanol–water partition coefficient (Wildman–Crippen LogP) is -0.0789. The third kappa shape index (κ3) is 4.55. The van der Waals surface area contributed by atoms with Gasteiger partial charge in [0.05, 0.1) is 12.4 Å². The predicted molar refractivity (Wildman–Crippen MR) is 70.6 cm³/mol.